The Kier molecular flexibility index (Phi) is 6.50. The van der Waals surface area contributed by atoms with Crippen LogP contribution in [0.3, 0.4) is 0 Å². The van der Waals surface area contributed by atoms with Crippen molar-refractivity contribution < 1.29 is 4.79 Å². The van der Waals surface area contributed by atoms with E-state index < -0.39 is 0 Å². The van der Waals surface area contributed by atoms with Crippen LogP contribution < -0.4 is 10.9 Å². The number of carbonyl (C=O) groups excluding carboxylic acids is 1. The minimum Gasteiger partial charge on any atom is -0.331 e. The van der Waals surface area contributed by atoms with Crippen molar-refractivity contribution in [3.8, 4) is 0 Å². The molecule has 2 aliphatic heterocycles. The van der Waals surface area contributed by atoms with Gasteiger partial charge in [0.05, 0.1) is 11.6 Å². The van der Waals surface area contributed by atoms with Gasteiger partial charge in [0.15, 0.2) is 0 Å². The average Bonchev–Trinajstić information content (AvgIpc) is 3.16. The lowest BCUT2D eigenvalue weighted by atomic mass is 9.87. The Morgan fingerprint density at radius 3 is 2.58 bits per heavy atom. The lowest BCUT2D eigenvalue weighted by molar-refractivity contribution is 0.0713. The number of H-pyrrole nitrogens is 1. The predicted molar refractivity (Wildman–Crippen MR) is 106 cm³/mol. The monoisotopic (exact) mass is 395 g/mol. The molecule has 7 heteroatoms. The molecule has 2 aromatic rings. The first-order valence-corrected chi connectivity index (χ1v) is 8.41. The van der Waals surface area contributed by atoms with E-state index in [0.717, 1.165) is 19.6 Å². The molecule has 0 bridgehead atoms. The van der Waals surface area contributed by atoms with Crippen molar-refractivity contribution in [1.82, 2.24) is 15.2 Å². The molecule has 0 aliphatic carbocycles. The number of aryl methyl sites for hydroxylation is 1. The molecule has 3 atom stereocenters. The number of halogens is 2. The van der Waals surface area contributed by atoms with Crippen LogP contribution in [0.25, 0.3) is 0 Å². The van der Waals surface area contributed by atoms with Crippen LogP contribution >= 0.6 is 24.8 Å². The zero-order chi connectivity index (χ0) is 16.7. The number of rotatable bonds is 2. The fourth-order valence-corrected chi connectivity index (χ4v) is 4.16. The summed E-state index contributed by atoms with van der Waals surface area (Å²) in [5.41, 5.74) is 2.80. The Bertz CT molecular complexity index is 819. The number of aromatic amines is 1. The molecule has 0 spiro atoms. The normalized spacial score (nSPS) is 23.7. The summed E-state index contributed by atoms with van der Waals surface area (Å²) < 4.78 is 0. The maximum Gasteiger partial charge on any atom is 0.255 e. The van der Waals surface area contributed by atoms with Crippen LogP contribution in [0.5, 0.6) is 0 Å². The number of fused-ring (bicyclic) bond motifs is 1. The fraction of sp³-hybridized carbons (Fsp3) is 0.368. The van der Waals surface area contributed by atoms with Crippen molar-refractivity contribution in [1.29, 1.82) is 0 Å². The van der Waals surface area contributed by atoms with Gasteiger partial charge >= 0.3 is 0 Å². The Hall–Kier alpha value is -1.82. The van der Waals surface area contributed by atoms with Crippen LogP contribution in [0.15, 0.2) is 47.4 Å². The van der Waals surface area contributed by atoms with Gasteiger partial charge in [-0.05, 0) is 30.0 Å². The summed E-state index contributed by atoms with van der Waals surface area (Å²) in [7, 11) is 0. The molecule has 5 nitrogen and oxygen atoms in total. The minimum absolute atomic E-state index is 0. The van der Waals surface area contributed by atoms with Crippen LogP contribution in [0.1, 0.15) is 27.5 Å². The molecule has 2 N–H and O–H groups in total. The summed E-state index contributed by atoms with van der Waals surface area (Å²) in [6.45, 7) is 4.77. The summed E-state index contributed by atoms with van der Waals surface area (Å²) in [4.78, 5) is 28.9. The van der Waals surface area contributed by atoms with E-state index in [1.54, 1.807) is 6.07 Å². The van der Waals surface area contributed by atoms with E-state index in [9.17, 15) is 9.59 Å². The molecule has 1 aromatic heterocycles. The quantitative estimate of drug-likeness (QED) is 0.820. The van der Waals surface area contributed by atoms with Gasteiger partial charge in [-0.2, -0.15) is 0 Å². The number of pyridine rings is 1. The number of carbonyl (C=O) groups is 1. The van der Waals surface area contributed by atoms with Gasteiger partial charge in [-0.15, -0.1) is 24.8 Å². The zero-order valence-corrected chi connectivity index (χ0v) is 16.1. The number of hydrogen-bond donors (Lipinski definition) is 2. The maximum atomic E-state index is 13.1. The summed E-state index contributed by atoms with van der Waals surface area (Å²) in [5, 5.41) is 3.46. The zero-order valence-electron chi connectivity index (χ0n) is 14.5. The topological polar surface area (TPSA) is 65.2 Å². The predicted octanol–water partition coefficient (Wildman–Crippen LogP) is 2.56. The largest absolute Gasteiger partial charge is 0.331 e. The molecule has 3 heterocycles. The molecule has 2 fully saturated rings. The Labute approximate surface area is 165 Å². The van der Waals surface area contributed by atoms with Crippen molar-refractivity contribution in [2.75, 3.05) is 19.6 Å². The highest BCUT2D eigenvalue weighted by Crippen LogP contribution is 2.44. The number of hydrogen-bond acceptors (Lipinski definition) is 3. The van der Waals surface area contributed by atoms with E-state index in [1.807, 2.05) is 17.0 Å². The number of amides is 1. The highest BCUT2D eigenvalue weighted by atomic mass is 35.5. The standard InChI is InChI=1S/C19H21N3O2.2ClH/c1-12-4-2-3-5-15(12)18-16-10-20-8-14(16)11-22(18)19(24)13-6-7-17(23)21-9-13;;/h2-7,9,14,16,18,20H,8,10-11H2,1H3,(H,21,23);2*1H/t14-,16-,18-;;/m0../s1. The van der Waals surface area contributed by atoms with Crippen molar-refractivity contribution in [2.24, 2.45) is 11.8 Å². The second-order valence-electron chi connectivity index (χ2n) is 6.78. The van der Waals surface area contributed by atoms with E-state index in [4.69, 9.17) is 0 Å². The first-order valence-electron chi connectivity index (χ1n) is 8.41. The van der Waals surface area contributed by atoms with Gasteiger partial charge in [-0.25, -0.2) is 0 Å². The third-order valence-corrected chi connectivity index (χ3v) is 5.36. The van der Waals surface area contributed by atoms with E-state index in [1.165, 1.54) is 23.4 Å². The smallest absolute Gasteiger partial charge is 0.255 e. The molecule has 2 saturated heterocycles. The molecule has 0 radical (unpaired) electrons. The maximum absolute atomic E-state index is 13.1. The molecule has 1 aromatic carbocycles. The first kappa shape index (κ1) is 20.5. The number of likely N-dealkylation sites (tertiary alicyclic amines) is 1. The van der Waals surface area contributed by atoms with Crippen LogP contribution in [0.4, 0.5) is 0 Å². The van der Waals surface area contributed by atoms with Crippen molar-refractivity contribution in [3.63, 3.8) is 0 Å². The van der Waals surface area contributed by atoms with Crippen molar-refractivity contribution in [2.45, 2.75) is 13.0 Å². The molecule has 1 amide bonds. The summed E-state index contributed by atoms with van der Waals surface area (Å²) in [6, 6.07) is 11.4. The van der Waals surface area contributed by atoms with E-state index in [0.29, 0.717) is 17.4 Å². The average molecular weight is 396 g/mol. The highest BCUT2D eigenvalue weighted by molar-refractivity contribution is 5.94. The minimum atomic E-state index is -0.190. The molecular formula is C19H23Cl2N3O2. The molecule has 2 aliphatic rings. The Balaban J connectivity index is 0.00000121. The van der Waals surface area contributed by atoms with Gasteiger partial charge < -0.3 is 15.2 Å². The fourth-order valence-electron chi connectivity index (χ4n) is 4.16. The Morgan fingerprint density at radius 2 is 1.88 bits per heavy atom. The molecular weight excluding hydrogens is 373 g/mol. The van der Waals surface area contributed by atoms with E-state index >= 15 is 0 Å². The van der Waals surface area contributed by atoms with E-state index in [2.05, 4.69) is 29.4 Å². The molecule has 26 heavy (non-hydrogen) atoms. The van der Waals surface area contributed by atoms with E-state index in [-0.39, 0.29) is 42.3 Å². The van der Waals surface area contributed by atoms with Gasteiger partial charge in [0, 0.05) is 37.8 Å². The SMILES string of the molecule is Cc1ccccc1[C@H]1[C@H]2CNC[C@H]2CN1C(=O)c1ccc(=O)[nH]c1.Cl.Cl. The second kappa shape index (κ2) is 8.25. The first-order chi connectivity index (χ1) is 11.6. The van der Waals surface area contributed by atoms with Gasteiger partial charge in [0.2, 0.25) is 5.56 Å². The number of nitrogens with one attached hydrogen (secondary N) is 2. The van der Waals surface area contributed by atoms with Crippen LogP contribution in [0.2, 0.25) is 0 Å². The van der Waals surface area contributed by atoms with Gasteiger partial charge in [-0.3, -0.25) is 9.59 Å². The van der Waals surface area contributed by atoms with Crippen LogP contribution in [-0.2, 0) is 0 Å². The lowest BCUT2D eigenvalue weighted by Gasteiger charge is -2.29. The molecule has 4 rings (SSSR count). The second-order valence-corrected chi connectivity index (χ2v) is 6.78. The van der Waals surface area contributed by atoms with Gasteiger partial charge in [-0.1, -0.05) is 24.3 Å². The van der Waals surface area contributed by atoms with Gasteiger partial charge in [0.25, 0.3) is 5.91 Å². The molecule has 0 saturated carbocycles. The Morgan fingerprint density at radius 1 is 1.12 bits per heavy atom. The van der Waals surface area contributed by atoms with Crippen LogP contribution in [0, 0.1) is 18.8 Å². The molecule has 0 unspecified atom stereocenters. The highest BCUT2D eigenvalue weighted by Gasteiger charge is 2.47. The van der Waals surface area contributed by atoms with Crippen molar-refractivity contribution >= 4 is 30.7 Å². The lowest BCUT2D eigenvalue weighted by Crippen LogP contribution is -2.35. The van der Waals surface area contributed by atoms with Crippen LogP contribution in [-0.4, -0.2) is 35.4 Å². The third kappa shape index (κ3) is 3.52. The van der Waals surface area contributed by atoms with Gasteiger partial charge in [0.1, 0.15) is 0 Å². The number of nitrogens with zero attached hydrogens (tertiary/aromatic N) is 1. The number of benzene rings is 1. The number of aromatic nitrogens is 1. The molecule has 140 valence electrons. The third-order valence-electron chi connectivity index (χ3n) is 5.36. The summed E-state index contributed by atoms with van der Waals surface area (Å²) >= 11 is 0. The van der Waals surface area contributed by atoms with Crippen molar-refractivity contribution in [3.05, 3.63) is 69.6 Å². The summed E-state index contributed by atoms with van der Waals surface area (Å²) in [6.07, 6.45) is 1.52. The summed E-state index contributed by atoms with van der Waals surface area (Å²) in [5.74, 6) is 0.924.